The second kappa shape index (κ2) is 4.47. The van der Waals surface area contributed by atoms with E-state index in [1.807, 2.05) is 12.1 Å². The lowest BCUT2D eigenvalue weighted by atomic mass is 9.63. The van der Waals surface area contributed by atoms with Crippen molar-refractivity contribution in [1.29, 1.82) is 0 Å². The summed E-state index contributed by atoms with van der Waals surface area (Å²) in [4.78, 5) is 11.3. The maximum Gasteiger partial charge on any atom is 0.337 e. The monoisotopic (exact) mass is 235 g/mol. The van der Waals surface area contributed by atoms with Crippen LogP contribution in [0.3, 0.4) is 0 Å². The largest absolute Gasteiger partial charge is 0.465 e. The third-order valence-electron chi connectivity index (χ3n) is 3.56. The fraction of sp³-hybridized carbons (Fsp3) is 0.462. The van der Waals surface area contributed by atoms with Crippen LogP contribution in [0.2, 0.25) is 0 Å². The van der Waals surface area contributed by atoms with Crippen molar-refractivity contribution in [2.45, 2.75) is 24.4 Å². The van der Waals surface area contributed by atoms with E-state index < -0.39 is 0 Å². The Balaban J connectivity index is 2.20. The molecule has 0 radical (unpaired) electrons. The molecule has 0 atom stereocenters. The van der Waals surface area contributed by atoms with Crippen molar-refractivity contribution in [2.24, 2.45) is 5.73 Å². The lowest BCUT2D eigenvalue weighted by molar-refractivity contribution is 0.0221. The van der Waals surface area contributed by atoms with Gasteiger partial charge in [0.25, 0.3) is 0 Å². The Morgan fingerprint density at radius 3 is 2.47 bits per heavy atom. The number of esters is 1. The van der Waals surface area contributed by atoms with Gasteiger partial charge >= 0.3 is 5.97 Å². The minimum atomic E-state index is -0.341. The van der Waals surface area contributed by atoms with E-state index in [1.165, 1.54) is 7.11 Å². The summed E-state index contributed by atoms with van der Waals surface area (Å²) in [5.41, 5.74) is 7.28. The molecule has 1 aromatic rings. The zero-order chi connectivity index (χ0) is 12.5. The first-order chi connectivity index (χ1) is 8.11. The van der Waals surface area contributed by atoms with Crippen molar-refractivity contribution in [2.75, 3.05) is 13.7 Å². The third-order valence-corrected chi connectivity index (χ3v) is 3.56. The van der Waals surface area contributed by atoms with Crippen LogP contribution in [-0.2, 0) is 10.2 Å². The number of benzene rings is 1. The van der Waals surface area contributed by atoms with Gasteiger partial charge in [-0.05, 0) is 30.5 Å². The average Bonchev–Trinajstić information content (AvgIpc) is 2.34. The lowest BCUT2D eigenvalue weighted by Crippen LogP contribution is -2.49. The number of hydrogen-bond donors (Lipinski definition) is 2. The first-order valence-corrected chi connectivity index (χ1v) is 5.68. The molecule has 0 aliphatic heterocycles. The van der Waals surface area contributed by atoms with Gasteiger partial charge in [-0.25, -0.2) is 4.79 Å². The Labute approximate surface area is 100 Å². The molecule has 1 saturated carbocycles. The van der Waals surface area contributed by atoms with Crippen molar-refractivity contribution in [1.82, 2.24) is 0 Å². The summed E-state index contributed by atoms with van der Waals surface area (Å²) in [6, 6.07) is 7.27. The first kappa shape index (κ1) is 12.1. The molecule has 0 amide bonds. The summed E-state index contributed by atoms with van der Waals surface area (Å²) in [7, 11) is 1.36. The number of aliphatic hydroxyl groups is 1. The van der Waals surface area contributed by atoms with Gasteiger partial charge in [0, 0.05) is 12.0 Å². The van der Waals surface area contributed by atoms with Crippen LogP contribution >= 0.6 is 0 Å². The number of nitrogens with two attached hydrogens (primary N) is 1. The van der Waals surface area contributed by atoms with E-state index in [4.69, 9.17) is 5.73 Å². The molecule has 1 fully saturated rings. The van der Waals surface area contributed by atoms with Gasteiger partial charge in [0.15, 0.2) is 0 Å². The summed E-state index contributed by atoms with van der Waals surface area (Å²) in [5.74, 6) is -0.341. The Morgan fingerprint density at radius 2 is 2.06 bits per heavy atom. The van der Waals surface area contributed by atoms with Crippen molar-refractivity contribution in [3.63, 3.8) is 0 Å². The van der Waals surface area contributed by atoms with Crippen LogP contribution < -0.4 is 5.73 Å². The van der Waals surface area contributed by atoms with E-state index in [1.54, 1.807) is 12.1 Å². The van der Waals surface area contributed by atoms with E-state index in [9.17, 15) is 9.90 Å². The van der Waals surface area contributed by atoms with Crippen LogP contribution in [0.1, 0.15) is 28.8 Å². The topological polar surface area (TPSA) is 72.5 Å². The van der Waals surface area contributed by atoms with Gasteiger partial charge in [0.05, 0.1) is 18.8 Å². The number of aliphatic hydroxyl groups excluding tert-OH is 1. The van der Waals surface area contributed by atoms with Gasteiger partial charge < -0.3 is 15.6 Å². The van der Waals surface area contributed by atoms with Crippen LogP contribution in [-0.4, -0.2) is 30.8 Å². The Bertz CT molecular complexity index is 407. The molecule has 0 saturated heterocycles. The molecule has 17 heavy (non-hydrogen) atoms. The molecule has 4 heteroatoms. The zero-order valence-electron chi connectivity index (χ0n) is 9.85. The number of hydrogen-bond acceptors (Lipinski definition) is 4. The van der Waals surface area contributed by atoms with Crippen LogP contribution in [0.25, 0.3) is 0 Å². The minimum absolute atomic E-state index is 0.117. The lowest BCUT2D eigenvalue weighted by Gasteiger charge is -2.45. The quantitative estimate of drug-likeness (QED) is 0.761. The smallest absolute Gasteiger partial charge is 0.337 e. The molecule has 0 spiro atoms. The summed E-state index contributed by atoms with van der Waals surface area (Å²) in [6.07, 6.45) is 1.14. The number of carbonyl (C=O) groups excluding carboxylic acids is 1. The van der Waals surface area contributed by atoms with Gasteiger partial charge in [-0.15, -0.1) is 0 Å². The Hall–Kier alpha value is -1.39. The van der Waals surface area contributed by atoms with Gasteiger partial charge in [-0.3, -0.25) is 0 Å². The highest BCUT2D eigenvalue weighted by molar-refractivity contribution is 5.89. The molecule has 3 N–H and O–H groups in total. The molecule has 0 aromatic heterocycles. The van der Waals surface area contributed by atoms with Gasteiger partial charge in [-0.1, -0.05) is 12.1 Å². The van der Waals surface area contributed by atoms with Crippen molar-refractivity contribution in [3.05, 3.63) is 35.4 Å². The molecule has 1 aliphatic rings. The molecule has 2 rings (SSSR count). The fourth-order valence-corrected chi connectivity index (χ4v) is 2.44. The molecule has 92 valence electrons. The molecule has 1 aliphatic carbocycles. The predicted molar refractivity (Wildman–Crippen MR) is 63.8 cm³/mol. The third kappa shape index (κ3) is 2.06. The van der Waals surface area contributed by atoms with Crippen molar-refractivity contribution >= 4 is 5.97 Å². The van der Waals surface area contributed by atoms with Gasteiger partial charge in [-0.2, -0.15) is 0 Å². The minimum Gasteiger partial charge on any atom is -0.465 e. The van der Waals surface area contributed by atoms with E-state index in [2.05, 4.69) is 4.74 Å². The average molecular weight is 235 g/mol. The molecule has 0 heterocycles. The van der Waals surface area contributed by atoms with E-state index in [0.717, 1.165) is 5.56 Å². The maximum absolute atomic E-state index is 11.3. The standard InChI is InChI=1S/C13H17NO3/c1-17-12(16)9-2-4-10(5-3-9)13(8-14)6-11(15)7-13/h2-5,11,15H,6-8,14H2,1H3. The van der Waals surface area contributed by atoms with Crippen LogP contribution in [0.5, 0.6) is 0 Å². The zero-order valence-corrected chi connectivity index (χ0v) is 9.85. The first-order valence-electron chi connectivity index (χ1n) is 5.68. The SMILES string of the molecule is COC(=O)c1ccc(C2(CN)CC(O)C2)cc1. The predicted octanol–water partition coefficient (Wildman–Crippen LogP) is 0.824. The molecular weight excluding hydrogens is 218 g/mol. The maximum atomic E-state index is 11.3. The summed E-state index contributed by atoms with van der Waals surface area (Å²) < 4.78 is 4.64. The highest BCUT2D eigenvalue weighted by atomic mass is 16.5. The number of ether oxygens (including phenoxy) is 1. The summed E-state index contributed by atoms with van der Waals surface area (Å²) >= 11 is 0. The molecule has 0 bridgehead atoms. The van der Waals surface area contributed by atoms with Gasteiger partial charge in [0.1, 0.15) is 0 Å². The van der Waals surface area contributed by atoms with Gasteiger partial charge in [0.2, 0.25) is 0 Å². The molecular formula is C13H17NO3. The Kier molecular flexibility index (Phi) is 3.17. The Morgan fingerprint density at radius 1 is 1.47 bits per heavy atom. The summed E-state index contributed by atoms with van der Waals surface area (Å²) in [5, 5.41) is 9.43. The molecule has 4 nitrogen and oxygen atoms in total. The van der Waals surface area contributed by atoms with Crippen LogP contribution in [0, 0.1) is 0 Å². The van der Waals surface area contributed by atoms with Crippen LogP contribution in [0.15, 0.2) is 24.3 Å². The highest BCUT2D eigenvalue weighted by Crippen LogP contribution is 2.42. The van der Waals surface area contributed by atoms with Crippen LogP contribution in [0.4, 0.5) is 0 Å². The highest BCUT2D eigenvalue weighted by Gasteiger charge is 2.43. The normalized spacial score (nSPS) is 27.4. The molecule has 0 unspecified atom stereocenters. The number of carbonyl (C=O) groups is 1. The number of rotatable bonds is 3. The fourth-order valence-electron chi connectivity index (χ4n) is 2.44. The molecule has 1 aromatic carbocycles. The van der Waals surface area contributed by atoms with Crippen molar-refractivity contribution < 1.29 is 14.6 Å². The second-order valence-corrected chi connectivity index (χ2v) is 4.62. The van der Waals surface area contributed by atoms with E-state index in [-0.39, 0.29) is 17.5 Å². The number of methoxy groups -OCH3 is 1. The van der Waals surface area contributed by atoms with E-state index >= 15 is 0 Å². The van der Waals surface area contributed by atoms with E-state index in [0.29, 0.717) is 24.9 Å². The second-order valence-electron chi connectivity index (χ2n) is 4.62. The van der Waals surface area contributed by atoms with Crippen molar-refractivity contribution in [3.8, 4) is 0 Å². The summed E-state index contributed by atoms with van der Waals surface area (Å²) in [6.45, 7) is 0.516.